The number of rotatable bonds is 4. The predicted molar refractivity (Wildman–Crippen MR) is 97.6 cm³/mol. The fraction of sp³-hybridized carbons (Fsp3) is 0.450. The molecule has 4 rings (SSSR count). The summed E-state index contributed by atoms with van der Waals surface area (Å²) in [4.78, 5) is 23.9. The van der Waals surface area contributed by atoms with Crippen molar-refractivity contribution in [2.45, 2.75) is 38.3 Å². The zero-order valence-electron chi connectivity index (χ0n) is 15.2. The first-order valence-corrected chi connectivity index (χ1v) is 9.44. The Bertz CT molecular complexity index is 812. The average molecular weight is 370 g/mol. The topological polar surface area (TPSA) is 67.3 Å². The number of hydrogen-bond acceptors (Lipinski definition) is 5. The standard InChI is InChI=1S/C20H23FN4O2/c21-15-4-6-16(7-5-15)27-13-19(26)25-10-2-1-3-18(25)20-23-12-14-11-22-9-8-17(14)24-20/h4-7,12,18,22H,1-3,8-11,13H2/t18-/m1/s1. The summed E-state index contributed by atoms with van der Waals surface area (Å²) >= 11 is 0. The molecular weight excluding hydrogens is 347 g/mol. The normalized spacial score (nSPS) is 19.4. The number of ether oxygens (including phenoxy) is 1. The summed E-state index contributed by atoms with van der Waals surface area (Å²) in [7, 11) is 0. The molecule has 142 valence electrons. The van der Waals surface area contributed by atoms with Crippen LogP contribution in [-0.2, 0) is 17.8 Å². The van der Waals surface area contributed by atoms with Gasteiger partial charge in [-0.05, 0) is 43.5 Å². The van der Waals surface area contributed by atoms with E-state index in [0.29, 0.717) is 12.3 Å². The Balaban J connectivity index is 1.46. The highest BCUT2D eigenvalue weighted by Gasteiger charge is 2.30. The van der Waals surface area contributed by atoms with Gasteiger partial charge in [-0.1, -0.05) is 0 Å². The van der Waals surface area contributed by atoms with Crippen LogP contribution in [0.25, 0.3) is 0 Å². The minimum absolute atomic E-state index is 0.0724. The average Bonchev–Trinajstić information content (AvgIpc) is 2.73. The number of fused-ring (bicyclic) bond motifs is 1. The first kappa shape index (κ1) is 17.9. The van der Waals surface area contributed by atoms with Crippen molar-refractivity contribution >= 4 is 5.91 Å². The molecule has 2 aliphatic heterocycles. The van der Waals surface area contributed by atoms with E-state index in [9.17, 15) is 9.18 Å². The monoisotopic (exact) mass is 370 g/mol. The molecule has 2 aromatic rings. The maximum Gasteiger partial charge on any atom is 0.261 e. The van der Waals surface area contributed by atoms with Gasteiger partial charge in [0.25, 0.3) is 5.91 Å². The van der Waals surface area contributed by atoms with Gasteiger partial charge in [-0.15, -0.1) is 0 Å². The fourth-order valence-corrected chi connectivity index (χ4v) is 3.67. The van der Waals surface area contributed by atoms with E-state index in [0.717, 1.165) is 55.9 Å². The van der Waals surface area contributed by atoms with Gasteiger partial charge in [0.05, 0.1) is 6.04 Å². The molecule has 0 spiro atoms. The molecule has 27 heavy (non-hydrogen) atoms. The third kappa shape index (κ3) is 4.08. The summed E-state index contributed by atoms with van der Waals surface area (Å²) in [6.07, 6.45) is 5.65. The van der Waals surface area contributed by atoms with E-state index >= 15 is 0 Å². The second kappa shape index (κ2) is 8.00. The molecule has 1 amide bonds. The zero-order chi connectivity index (χ0) is 18.6. The van der Waals surface area contributed by atoms with Gasteiger partial charge in [0.1, 0.15) is 11.6 Å². The van der Waals surface area contributed by atoms with E-state index in [1.807, 2.05) is 11.1 Å². The minimum atomic E-state index is -0.329. The first-order valence-electron chi connectivity index (χ1n) is 9.44. The van der Waals surface area contributed by atoms with Crippen LogP contribution in [0.1, 0.15) is 42.4 Å². The highest BCUT2D eigenvalue weighted by atomic mass is 19.1. The molecule has 6 nitrogen and oxygen atoms in total. The van der Waals surface area contributed by atoms with Gasteiger partial charge in [0.15, 0.2) is 12.4 Å². The van der Waals surface area contributed by atoms with Crippen molar-refractivity contribution in [1.82, 2.24) is 20.2 Å². The second-order valence-corrected chi connectivity index (χ2v) is 6.97. The quantitative estimate of drug-likeness (QED) is 0.895. The van der Waals surface area contributed by atoms with Crippen molar-refractivity contribution < 1.29 is 13.9 Å². The number of carbonyl (C=O) groups excluding carboxylic acids is 1. The molecule has 0 unspecified atom stereocenters. The van der Waals surface area contributed by atoms with Crippen molar-refractivity contribution in [2.24, 2.45) is 0 Å². The molecule has 0 radical (unpaired) electrons. The Morgan fingerprint density at radius 2 is 2.15 bits per heavy atom. The number of nitrogens with zero attached hydrogens (tertiary/aromatic N) is 3. The van der Waals surface area contributed by atoms with Gasteiger partial charge in [0.2, 0.25) is 0 Å². The summed E-state index contributed by atoms with van der Waals surface area (Å²) in [6, 6.07) is 5.58. The molecule has 2 aliphatic rings. The zero-order valence-corrected chi connectivity index (χ0v) is 15.2. The lowest BCUT2D eigenvalue weighted by Gasteiger charge is -2.35. The van der Waals surface area contributed by atoms with Crippen LogP contribution in [0.2, 0.25) is 0 Å². The summed E-state index contributed by atoms with van der Waals surface area (Å²) in [5.41, 5.74) is 2.22. The molecule has 7 heteroatoms. The number of halogens is 1. The largest absolute Gasteiger partial charge is 0.484 e. The van der Waals surface area contributed by atoms with E-state index in [-0.39, 0.29) is 24.4 Å². The van der Waals surface area contributed by atoms with Crippen LogP contribution in [-0.4, -0.2) is 40.5 Å². The van der Waals surface area contributed by atoms with E-state index in [1.165, 1.54) is 24.3 Å². The van der Waals surface area contributed by atoms with E-state index in [1.54, 1.807) is 0 Å². The van der Waals surface area contributed by atoms with Gasteiger partial charge >= 0.3 is 0 Å². The van der Waals surface area contributed by atoms with Crippen LogP contribution in [0.3, 0.4) is 0 Å². The number of aromatic nitrogens is 2. The van der Waals surface area contributed by atoms with Crippen LogP contribution in [0, 0.1) is 5.82 Å². The van der Waals surface area contributed by atoms with Gasteiger partial charge in [-0.2, -0.15) is 0 Å². The van der Waals surface area contributed by atoms with Crippen molar-refractivity contribution in [3.63, 3.8) is 0 Å². The molecule has 0 aliphatic carbocycles. The first-order chi connectivity index (χ1) is 13.2. The summed E-state index contributed by atoms with van der Waals surface area (Å²) in [5.74, 6) is 0.790. The second-order valence-electron chi connectivity index (χ2n) is 6.97. The molecule has 0 saturated carbocycles. The van der Waals surface area contributed by atoms with Gasteiger partial charge in [-0.3, -0.25) is 4.79 Å². The molecular formula is C20H23FN4O2. The number of hydrogen-bond donors (Lipinski definition) is 1. The number of carbonyl (C=O) groups is 1. The highest BCUT2D eigenvalue weighted by Crippen LogP contribution is 2.29. The predicted octanol–water partition coefficient (Wildman–Crippen LogP) is 2.39. The molecule has 0 bridgehead atoms. The van der Waals surface area contributed by atoms with Crippen LogP contribution in [0.4, 0.5) is 4.39 Å². The van der Waals surface area contributed by atoms with Crippen LogP contribution in [0.15, 0.2) is 30.5 Å². The Kier molecular flexibility index (Phi) is 5.29. The van der Waals surface area contributed by atoms with Gasteiger partial charge in [0, 0.05) is 43.5 Å². The molecule has 3 heterocycles. The Morgan fingerprint density at radius 3 is 3.00 bits per heavy atom. The number of benzene rings is 1. The third-order valence-corrected chi connectivity index (χ3v) is 5.12. The lowest BCUT2D eigenvalue weighted by atomic mass is 10.0. The number of nitrogens with one attached hydrogen (secondary N) is 1. The van der Waals surface area contributed by atoms with Crippen LogP contribution >= 0.6 is 0 Å². The maximum atomic E-state index is 13.0. The lowest BCUT2D eigenvalue weighted by Crippen LogP contribution is -2.42. The van der Waals surface area contributed by atoms with Gasteiger partial charge < -0.3 is 15.0 Å². The van der Waals surface area contributed by atoms with Gasteiger partial charge in [-0.25, -0.2) is 14.4 Å². The van der Waals surface area contributed by atoms with E-state index < -0.39 is 0 Å². The third-order valence-electron chi connectivity index (χ3n) is 5.12. The van der Waals surface area contributed by atoms with Crippen molar-refractivity contribution in [2.75, 3.05) is 19.7 Å². The maximum absolute atomic E-state index is 13.0. The molecule has 1 aromatic heterocycles. The van der Waals surface area contributed by atoms with Crippen LogP contribution < -0.4 is 10.1 Å². The minimum Gasteiger partial charge on any atom is -0.484 e. The fourth-order valence-electron chi connectivity index (χ4n) is 3.67. The van der Waals surface area contributed by atoms with E-state index in [4.69, 9.17) is 9.72 Å². The Hall–Kier alpha value is -2.54. The highest BCUT2D eigenvalue weighted by molar-refractivity contribution is 5.78. The summed E-state index contributed by atoms with van der Waals surface area (Å²) < 4.78 is 18.5. The van der Waals surface area contributed by atoms with Crippen molar-refractivity contribution in [1.29, 1.82) is 0 Å². The Labute approximate surface area is 157 Å². The number of likely N-dealkylation sites (tertiary alicyclic amines) is 1. The van der Waals surface area contributed by atoms with Crippen molar-refractivity contribution in [3.05, 3.63) is 53.4 Å². The van der Waals surface area contributed by atoms with Crippen molar-refractivity contribution in [3.8, 4) is 5.75 Å². The number of piperidine rings is 1. The molecule has 1 saturated heterocycles. The summed E-state index contributed by atoms with van der Waals surface area (Å²) in [5, 5.41) is 3.32. The van der Waals surface area contributed by atoms with Crippen LogP contribution in [0.5, 0.6) is 5.75 Å². The summed E-state index contributed by atoms with van der Waals surface area (Å²) in [6.45, 7) is 2.33. The molecule has 1 fully saturated rings. The molecule has 1 aromatic carbocycles. The molecule has 1 N–H and O–H groups in total. The SMILES string of the molecule is O=C(COc1ccc(F)cc1)N1CCCC[C@@H]1c1ncc2c(n1)CCNC2. The lowest BCUT2D eigenvalue weighted by molar-refractivity contribution is -0.137. The Morgan fingerprint density at radius 1 is 1.30 bits per heavy atom. The smallest absolute Gasteiger partial charge is 0.261 e. The van der Waals surface area contributed by atoms with E-state index in [2.05, 4.69) is 10.3 Å². The molecule has 1 atom stereocenters. The number of amides is 1.